The maximum absolute atomic E-state index is 5.56. The third kappa shape index (κ3) is 2.85. The van der Waals surface area contributed by atoms with Gasteiger partial charge in [0.05, 0.1) is 6.61 Å². The molecule has 0 bridgehead atoms. The number of benzene rings is 1. The Morgan fingerprint density at radius 1 is 1.45 bits per heavy atom. The molecule has 4 nitrogen and oxygen atoms in total. The van der Waals surface area contributed by atoms with Gasteiger partial charge in [0, 0.05) is 37.8 Å². The van der Waals surface area contributed by atoms with Crippen LogP contribution in [0.2, 0.25) is 0 Å². The number of rotatable bonds is 6. The predicted molar refractivity (Wildman–Crippen MR) is 79.0 cm³/mol. The molecule has 106 valence electrons. The highest BCUT2D eigenvalue weighted by molar-refractivity contribution is 5.40. The van der Waals surface area contributed by atoms with E-state index in [1.54, 1.807) is 6.20 Å². The van der Waals surface area contributed by atoms with Crippen molar-refractivity contribution in [1.29, 1.82) is 0 Å². The maximum Gasteiger partial charge on any atom is 0.122 e. The van der Waals surface area contributed by atoms with Gasteiger partial charge in [-0.3, -0.25) is 0 Å². The summed E-state index contributed by atoms with van der Waals surface area (Å²) in [6.45, 7) is 3.97. The van der Waals surface area contributed by atoms with Crippen LogP contribution in [-0.4, -0.2) is 23.1 Å². The third-order valence-electron chi connectivity index (χ3n) is 3.83. The fourth-order valence-corrected chi connectivity index (χ4v) is 2.72. The van der Waals surface area contributed by atoms with Gasteiger partial charge in [-0.2, -0.15) is 0 Å². The van der Waals surface area contributed by atoms with Crippen LogP contribution in [0.4, 0.5) is 0 Å². The standard InChI is InChI=1S/C16H21N3O/c1-2-14(17-7-5-16-18-8-9-19-16)12-3-4-15-13(11-12)6-10-20-15/h3-4,8-9,11,14,17H,2,5-7,10H2,1H3,(H,18,19). The Morgan fingerprint density at radius 2 is 2.40 bits per heavy atom. The molecular formula is C16H21N3O. The second-order valence-corrected chi connectivity index (χ2v) is 5.17. The van der Waals surface area contributed by atoms with Crippen LogP contribution in [0.1, 0.15) is 36.3 Å². The van der Waals surface area contributed by atoms with Crippen LogP contribution >= 0.6 is 0 Å². The summed E-state index contributed by atoms with van der Waals surface area (Å²) in [6, 6.07) is 6.97. The molecule has 2 heterocycles. The first-order chi connectivity index (χ1) is 9.86. The second kappa shape index (κ2) is 6.09. The molecule has 1 atom stereocenters. The molecule has 0 fully saturated rings. The molecule has 0 spiro atoms. The summed E-state index contributed by atoms with van der Waals surface area (Å²) in [5.41, 5.74) is 2.70. The molecule has 1 aliphatic heterocycles. The minimum absolute atomic E-state index is 0.399. The Balaban J connectivity index is 1.61. The monoisotopic (exact) mass is 271 g/mol. The first-order valence-electron chi connectivity index (χ1n) is 7.34. The number of hydrogen-bond acceptors (Lipinski definition) is 3. The quantitative estimate of drug-likeness (QED) is 0.849. The first kappa shape index (κ1) is 13.2. The van der Waals surface area contributed by atoms with E-state index < -0.39 is 0 Å². The van der Waals surface area contributed by atoms with Crippen molar-refractivity contribution in [1.82, 2.24) is 15.3 Å². The number of nitrogens with one attached hydrogen (secondary N) is 2. The number of imidazole rings is 1. The lowest BCUT2D eigenvalue weighted by atomic mass is 10.0. The number of hydrogen-bond donors (Lipinski definition) is 2. The number of aromatic amines is 1. The van der Waals surface area contributed by atoms with Gasteiger partial charge in [-0.25, -0.2) is 4.98 Å². The average molecular weight is 271 g/mol. The van der Waals surface area contributed by atoms with Crippen molar-refractivity contribution >= 4 is 0 Å². The van der Waals surface area contributed by atoms with Gasteiger partial charge < -0.3 is 15.0 Å². The normalized spacial score (nSPS) is 14.8. The molecule has 3 rings (SSSR count). The van der Waals surface area contributed by atoms with Crippen LogP contribution in [0.25, 0.3) is 0 Å². The molecule has 1 aromatic heterocycles. The van der Waals surface area contributed by atoms with E-state index in [1.165, 1.54) is 11.1 Å². The summed E-state index contributed by atoms with van der Waals surface area (Å²) in [5.74, 6) is 2.09. The van der Waals surface area contributed by atoms with E-state index in [0.29, 0.717) is 6.04 Å². The molecule has 0 amide bonds. The Labute approximate surface area is 119 Å². The highest BCUT2D eigenvalue weighted by Crippen LogP contribution is 2.29. The molecular weight excluding hydrogens is 250 g/mol. The van der Waals surface area contributed by atoms with Crippen molar-refractivity contribution in [3.63, 3.8) is 0 Å². The zero-order valence-electron chi connectivity index (χ0n) is 11.9. The number of ether oxygens (including phenoxy) is 1. The SMILES string of the molecule is CCC(NCCc1ncc[nH]1)c1ccc2c(c1)CCO2. The number of H-pyrrole nitrogens is 1. The first-order valence-corrected chi connectivity index (χ1v) is 7.34. The molecule has 1 aromatic carbocycles. The lowest BCUT2D eigenvalue weighted by Crippen LogP contribution is -2.23. The van der Waals surface area contributed by atoms with Gasteiger partial charge in [-0.15, -0.1) is 0 Å². The Bertz CT molecular complexity index is 551. The fourth-order valence-electron chi connectivity index (χ4n) is 2.72. The molecule has 2 N–H and O–H groups in total. The van der Waals surface area contributed by atoms with Crippen LogP contribution in [0.15, 0.2) is 30.6 Å². The van der Waals surface area contributed by atoms with Crippen molar-refractivity contribution in [3.8, 4) is 5.75 Å². The number of aromatic nitrogens is 2. The van der Waals surface area contributed by atoms with E-state index in [-0.39, 0.29) is 0 Å². The van der Waals surface area contributed by atoms with E-state index in [4.69, 9.17) is 4.74 Å². The average Bonchev–Trinajstić information content (AvgIpc) is 3.13. The fraction of sp³-hybridized carbons (Fsp3) is 0.438. The van der Waals surface area contributed by atoms with Gasteiger partial charge in [0.15, 0.2) is 0 Å². The van der Waals surface area contributed by atoms with Crippen molar-refractivity contribution < 1.29 is 4.74 Å². The molecule has 0 saturated heterocycles. The van der Waals surface area contributed by atoms with Gasteiger partial charge in [0.1, 0.15) is 11.6 Å². The van der Waals surface area contributed by atoms with Crippen molar-refractivity contribution in [2.75, 3.05) is 13.2 Å². The molecule has 0 aliphatic carbocycles. The van der Waals surface area contributed by atoms with E-state index in [2.05, 4.69) is 40.4 Å². The van der Waals surface area contributed by atoms with Crippen LogP contribution in [0, 0.1) is 0 Å². The highest BCUT2D eigenvalue weighted by Gasteiger charge is 2.15. The molecule has 1 unspecified atom stereocenters. The molecule has 0 radical (unpaired) electrons. The Morgan fingerprint density at radius 3 is 3.20 bits per heavy atom. The Hall–Kier alpha value is -1.81. The molecule has 4 heteroatoms. The van der Waals surface area contributed by atoms with Crippen LogP contribution < -0.4 is 10.1 Å². The Kier molecular flexibility index (Phi) is 4.02. The highest BCUT2D eigenvalue weighted by atomic mass is 16.5. The summed E-state index contributed by atoms with van der Waals surface area (Å²) >= 11 is 0. The minimum atomic E-state index is 0.399. The van der Waals surface area contributed by atoms with E-state index in [9.17, 15) is 0 Å². The van der Waals surface area contributed by atoms with Gasteiger partial charge in [0.2, 0.25) is 0 Å². The number of fused-ring (bicyclic) bond motifs is 1. The molecule has 2 aromatic rings. The van der Waals surface area contributed by atoms with Gasteiger partial charge in [-0.1, -0.05) is 19.1 Å². The van der Waals surface area contributed by atoms with Gasteiger partial charge in [0.25, 0.3) is 0 Å². The summed E-state index contributed by atoms with van der Waals surface area (Å²) < 4.78 is 5.56. The van der Waals surface area contributed by atoms with Crippen LogP contribution in [0.5, 0.6) is 5.75 Å². The van der Waals surface area contributed by atoms with Crippen LogP contribution in [0.3, 0.4) is 0 Å². The molecule has 0 saturated carbocycles. The van der Waals surface area contributed by atoms with Crippen molar-refractivity contribution in [3.05, 3.63) is 47.5 Å². The summed E-state index contributed by atoms with van der Waals surface area (Å²) in [7, 11) is 0. The van der Waals surface area contributed by atoms with E-state index in [1.807, 2.05) is 6.20 Å². The topological polar surface area (TPSA) is 49.9 Å². The van der Waals surface area contributed by atoms with Gasteiger partial charge in [-0.05, 0) is 23.6 Å². The van der Waals surface area contributed by atoms with Crippen molar-refractivity contribution in [2.45, 2.75) is 32.2 Å². The van der Waals surface area contributed by atoms with Crippen LogP contribution in [-0.2, 0) is 12.8 Å². The molecule has 20 heavy (non-hydrogen) atoms. The molecule has 1 aliphatic rings. The lowest BCUT2D eigenvalue weighted by Gasteiger charge is -2.18. The zero-order valence-corrected chi connectivity index (χ0v) is 11.9. The van der Waals surface area contributed by atoms with E-state index >= 15 is 0 Å². The van der Waals surface area contributed by atoms with Gasteiger partial charge >= 0.3 is 0 Å². The predicted octanol–water partition coefficient (Wildman–Crippen LogP) is 2.63. The third-order valence-corrected chi connectivity index (χ3v) is 3.83. The number of nitrogens with zero attached hydrogens (tertiary/aromatic N) is 1. The lowest BCUT2D eigenvalue weighted by molar-refractivity contribution is 0.356. The summed E-state index contributed by atoms with van der Waals surface area (Å²) in [4.78, 5) is 7.38. The summed E-state index contributed by atoms with van der Waals surface area (Å²) in [6.07, 6.45) is 6.71. The van der Waals surface area contributed by atoms with Crippen molar-refractivity contribution in [2.24, 2.45) is 0 Å². The zero-order chi connectivity index (χ0) is 13.8. The summed E-state index contributed by atoms with van der Waals surface area (Å²) in [5, 5.41) is 3.61. The second-order valence-electron chi connectivity index (χ2n) is 5.17. The minimum Gasteiger partial charge on any atom is -0.493 e. The largest absolute Gasteiger partial charge is 0.493 e. The maximum atomic E-state index is 5.56. The van der Waals surface area contributed by atoms with E-state index in [0.717, 1.165) is 44.0 Å². The smallest absolute Gasteiger partial charge is 0.122 e.